The van der Waals surface area contributed by atoms with Crippen LogP contribution < -0.4 is 5.32 Å². The highest BCUT2D eigenvalue weighted by Gasteiger charge is 2.30. The quantitative estimate of drug-likeness (QED) is 0.884. The summed E-state index contributed by atoms with van der Waals surface area (Å²) in [7, 11) is 0. The van der Waals surface area contributed by atoms with Crippen molar-refractivity contribution < 1.29 is 13.2 Å². The normalized spacial score (nSPS) is 12.1. The molecule has 2 rings (SSSR count). The van der Waals surface area contributed by atoms with Gasteiger partial charge in [0, 0.05) is 12.6 Å². The molecule has 6 heteroatoms. The number of rotatable bonds is 5. The van der Waals surface area contributed by atoms with Gasteiger partial charge in [-0.3, -0.25) is 0 Å². The zero-order valence-electron chi connectivity index (χ0n) is 11.9. The molecule has 114 valence electrons. The van der Waals surface area contributed by atoms with Crippen LogP contribution in [0.25, 0.3) is 10.4 Å². The van der Waals surface area contributed by atoms with Crippen LogP contribution in [-0.2, 0) is 13.0 Å². The molecule has 0 aliphatic rings. The second kappa shape index (κ2) is 6.58. The predicted octanol–water partition coefficient (Wildman–Crippen LogP) is 4.41. The summed E-state index contributed by atoms with van der Waals surface area (Å²) in [4.78, 5) is 4.99. The minimum atomic E-state index is -4.23. The van der Waals surface area contributed by atoms with Crippen molar-refractivity contribution in [3.05, 3.63) is 41.0 Å². The van der Waals surface area contributed by atoms with Crippen molar-refractivity contribution in [3.63, 3.8) is 0 Å². The first kappa shape index (κ1) is 16.0. The number of hydrogen-bond donors (Lipinski definition) is 1. The fourth-order valence-electron chi connectivity index (χ4n) is 1.88. The van der Waals surface area contributed by atoms with Crippen LogP contribution in [0.15, 0.2) is 30.3 Å². The van der Waals surface area contributed by atoms with Crippen LogP contribution in [0.1, 0.15) is 24.5 Å². The van der Waals surface area contributed by atoms with E-state index in [1.54, 1.807) is 0 Å². The predicted molar refractivity (Wildman–Crippen MR) is 79.3 cm³/mol. The van der Waals surface area contributed by atoms with Crippen LogP contribution in [-0.4, -0.2) is 17.2 Å². The first-order chi connectivity index (χ1) is 9.85. The monoisotopic (exact) mass is 314 g/mol. The molecule has 1 heterocycles. The van der Waals surface area contributed by atoms with Crippen LogP contribution in [0.3, 0.4) is 0 Å². The zero-order valence-corrected chi connectivity index (χ0v) is 12.7. The lowest BCUT2D eigenvalue weighted by atomic mass is 10.1. The average molecular weight is 314 g/mol. The van der Waals surface area contributed by atoms with E-state index in [0.717, 1.165) is 21.8 Å². The summed E-state index contributed by atoms with van der Waals surface area (Å²) in [5.74, 6) is 0. The molecule has 0 radical (unpaired) electrons. The maximum atomic E-state index is 12.5. The Kier molecular flexibility index (Phi) is 5.00. The van der Waals surface area contributed by atoms with Gasteiger partial charge in [0.1, 0.15) is 5.01 Å². The van der Waals surface area contributed by atoms with Crippen LogP contribution in [0.2, 0.25) is 0 Å². The van der Waals surface area contributed by atoms with E-state index in [2.05, 4.69) is 10.3 Å². The maximum absolute atomic E-state index is 12.5. The van der Waals surface area contributed by atoms with Crippen molar-refractivity contribution in [1.82, 2.24) is 10.3 Å². The summed E-state index contributed by atoms with van der Waals surface area (Å²) in [5.41, 5.74) is 1.59. The smallest absolute Gasteiger partial charge is 0.309 e. The molecule has 0 fully saturated rings. The van der Waals surface area contributed by atoms with Crippen molar-refractivity contribution in [2.24, 2.45) is 0 Å². The first-order valence-electron chi connectivity index (χ1n) is 6.69. The van der Waals surface area contributed by atoms with Crippen molar-refractivity contribution in [2.45, 2.75) is 39.0 Å². The minimum Gasteiger partial charge on any atom is -0.309 e. The van der Waals surface area contributed by atoms with Gasteiger partial charge in [-0.2, -0.15) is 13.2 Å². The second-order valence-electron chi connectivity index (χ2n) is 5.08. The minimum absolute atomic E-state index is 0.113. The van der Waals surface area contributed by atoms with E-state index in [9.17, 15) is 13.2 Å². The molecule has 0 unspecified atom stereocenters. The molecule has 2 nitrogen and oxygen atoms in total. The molecule has 2 aromatic rings. The van der Waals surface area contributed by atoms with Crippen molar-refractivity contribution >= 4 is 11.3 Å². The number of nitrogens with one attached hydrogen (secondary N) is 1. The van der Waals surface area contributed by atoms with Gasteiger partial charge in [0.05, 0.1) is 17.0 Å². The zero-order chi connectivity index (χ0) is 15.5. The summed E-state index contributed by atoms with van der Waals surface area (Å²) >= 11 is 1.12. The second-order valence-corrected chi connectivity index (χ2v) is 6.16. The Labute approximate surface area is 126 Å². The highest BCUT2D eigenvalue weighted by molar-refractivity contribution is 7.15. The number of benzene rings is 1. The van der Waals surface area contributed by atoms with Gasteiger partial charge in [-0.25, -0.2) is 4.98 Å². The van der Waals surface area contributed by atoms with Crippen LogP contribution in [0.4, 0.5) is 13.2 Å². The number of alkyl halides is 3. The number of hydrogen-bond acceptors (Lipinski definition) is 3. The summed E-state index contributed by atoms with van der Waals surface area (Å²) < 4.78 is 37.6. The Bertz CT molecular complexity index is 576. The molecule has 1 N–H and O–H groups in total. The molecule has 0 aliphatic heterocycles. The molecule has 0 spiro atoms. The Morgan fingerprint density at radius 3 is 2.43 bits per heavy atom. The summed E-state index contributed by atoms with van der Waals surface area (Å²) in [6.07, 6.45) is -5.20. The molecule has 0 saturated heterocycles. The highest BCUT2D eigenvalue weighted by Crippen LogP contribution is 2.33. The van der Waals surface area contributed by atoms with Gasteiger partial charge in [0.2, 0.25) is 0 Å². The third-order valence-electron chi connectivity index (χ3n) is 2.81. The maximum Gasteiger partial charge on any atom is 0.395 e. The third kappa shape index (κ3) is 4.82. The molecule has 0 aliphatic carbocycles. The number of halogens is 3. The standard InChI is InChI=1S/C15H17F3N2S/c1-10(2)19-9-12-14(11-6-4-3-5-7-11)21-13(20-12)8-15(16,17)18/h3-7,10,19H,8-9H2,1-2H3. The van der Waals surface area contributed by atoms with Gasteiger partial charge >= 0.3 is 6.18 Å². The van der Waals surface area contributed by atoms with Gasteiger partial charge in [0.25, 0.3) is 0 Å². The average Bonchev–Trinajstić information content (AvgIpc) is 2.78. The van der Waals surface area contributed by atoms with Crippen molar-refractivity contribution in [2.75, 3.05) is 0 Å². The molecular weight excluding hydrogens is 297 g/mol. The molecule has 0 saturated carbocycles. The van der Waals surface area contributed by atoms with E-state index in [-0.39, 0.29) is 11.0 Å². The molecule has 21 heavy (non-hydrogen) atoms. The summed E-state index contributed by atoms with van der Waals surface area (Å²) in [6, 6.07) is 9.66. The SMILES string of the molecule is CC(C)NCc1nc(CC(F)(F)F)sc1-c1ccccc1. The molecule has 1 aromatic carbocycles. The largest absolute Gasteiger partial charge is 0.395 e. The molecule has 0 bridgehead atoms. The van der Waals surface area contributed by atoms with Gasteiger partial charge in [-0.05, 0) is 5.56 Å². The van der Waals surface area contributed by atoms with Gasteiger partial charge < -0.3 is 5.32 Å². The Morgan fingerprint density at radius 2 is 1.86 bits per heavy atom. The van der Waals surface area contributed by atoms with E-state index >= 15 is 0 Å². The fourth-order valence-corrected chi connectivity index (χ4v) is 3.00. The Hall–Kier alpha value is -1.40. The lowest BCUT2D eigenvalue weighted by molar-refractivity contribution is -0.127. The Morgan fingerprint density at radius 1 is 1.19 bits per heavy atom. The van der Waals surface area contributed by atoms with Gasteiger partial charge in [-0.15, -0.1) is 11.3 Å². The summed E-state index contributed by atoms with van der Waals surface area (Å²) in [6.45, 7) is 4.45. The van der Waals surface area contributed by atoms with E-state index in [1.807, 2.05) is 44.2 Å². The molecule has 0 atom stereocenters. The van der Waals surface area contributed by atoms with Gasteiger partial charge in [-0.1, -0.05) is 44.2 Å². The van der Waals surface area contributed by atoms with E-state index in [4.69, 9.17) is 0 Å². The van der Waals surface area contributed by atoms with E-state index < -0.39 is 12.6 Å². The summed E-state index contributed by atoms with van der Waals surface area (Å²) in [5, 5.41) is 3.32. The number of thiazole rings is 1. The number of nitrogens with zero attached hydrogens (tertiary/aromatic N) is 1. The lowest BCUT2D eigenvalue weighted by Gasteiger charge is -2.07. The Balaban J connectivity index is 2.31. The highest BCUT2D eigenvalue weighted by atomic mass is 32.1. The van der Waals surface area contributed by atoms with Crippen LogP contribution in [0, 0.1) is 0 Å². The third-order valence-corrected chi connectivity index (χ3v) is 3.95. The molecule has 1 aromatic heterocycles. The molecule has 0 amide bonds. The topological polar surface area (TPSA) is 24.9 Å². The van der Waals surface area contributed by atoms with Crippen molar-refractivity contribution in [3.8, 4) is 10.4 Å². The van der Waals surface area contributed by atoms with Crippen LogP contribution >= 0.6 is 11.3 Å². The van der Waals surface area contributed by atoms with E-state index in [0.29, 0.717) is 12.2 Å². The number of aromatic nitrogens is 1. The van der Waals surface area contributed by atoms with Crippen LogP contribution in [0.5, 0.6) is 0 Å². The first-order valence-corrected chi connectivity index (χ1v) is 7.51. The molecular formula is C15H17F3N2S. The lowest BCUT2D eigenvalue weighted by Crippen LogP contribution is -2.22. The fraction of sp³-hybridized carbons (Fsp3) is 0.400. The van der Waals surface area contributed by atoms with Gasteiger partial charge in [0.15, 0.2) is 0 Å². The van der Waals surface area contributed by atoms with Crippen molar-refractivity contribution in [1.29, 1.82) is 0 Å². The van der Waals surface area contributed by atoms with E-state index in [1.165, 1.54) is 0 Å².